The third-order valence-corrected chi connectivity index (χ3v) is 7.96. The van der Waals surface area contributed by atoms with Gasteiger partial charge in [-0.05, 0) is 25.1 Å². The number of aromatic nitrogens is 5. The number of nitrogens with zero attached hydrogens (tertiary/aromatic N) is 4. The second-order valence-corrected chi connectivity index (χ2v) is 16.2. The van der Waals surface area contributed by atoms with Crippen molar-refractivity contribution in [3.63, 3.8) is 0 Å². The number of ether oxygens (including phenoxy) is 1. The lowest BCUT2D eigenvalue weighted by molar-refractivity contribution is -0.727. The van der Waals surface area contributed by atoms with Gasteiger partial charge in [-0.15, -0.1) is 9.78 Å². The molecule has 2 N–H and O–H groups in total. The summed E-state index contributed by atoms with van der Waals surface area (Å²) in [4.78, 5) is 16.7. The highest BCUT2D eigenvalue weighted by Crippen LogP contribution is 2.19. The lowest BCUT2D eigenvalue weighted by Gasteiger charge is -2.14. The summed E-state index contributed by atoms with van der Waals surface area (Å²) in [6, 6.07) is 5.64. The third kappa shape index (κ3) is 5.75. The molecule has 0 fully saturated rings. The topological polar surface area (TPSA) is 123 Å². The molecule has 0 saturated heterocycles. The number of carbonyl (C=O) groups excluding carboxylic acids is 1. The van der Waals surface area contributed by atoms with Gasteiger partial charge < -0.3 is 4.74 Å². The van der Waals surface area contributed by atoms with Crippen LogP contribution in [0.4, 0.5) is 0 Å². The highest BCUT2D eigenvalue weighted by molar-refractivity contribution is 7.90. The molecule has 0 aromatic carbocycles. The number of aryl methyl sites for hydroxylation is 2. The Morgan fingerprint density at radius 3 is 2.62 bits per heavy atom. The van der Waals surface area contributed by atoms with E-state index < -0.39 is 24.0 Å². The average Bonchev–Trinajstić information content (AvgIpc) is 3.26. The summed E-state index contributed by atoms with van der Waals surface area (Å²) in [6.07, 6.45) is 3.04. The fraction of sp³-hybridized carbons (Fsp3) is 0.368. The zero-order valence-corrected chi connectivity index (χ0v) is 21.1. The normalized spacial score (nSPS) is 12.1. The fourth-order valence-corrected chi connectivity index (χ4v) is 4.98. The van der Waals surface area contributed by atoms with Crippen LogP contribution < -0.4 is 14.1 Å². The molecule has 0 unspecified atom stereocenters. The van der Waals surface area contributed by atoms with E-state index in [4.69, 9.17) is 16.3 Å². The largest absolute Gasteiger partial charge is 0.477 e. The van der Waals surface area contributed by atoms with Crippen molar-refractivity contribution in [3.05, 3.63) is 47.0 Å². The molecule has 172 valence electrons. The van der Waals surface area contributed by atoms with Gasteiger partial charge >= 0.3 is 0 Å². The number of sulfonamides is 1. The smallest absolute Gasteiger partial charge is 0.272 e. The molecule has 0 atom stereocenters. The van der Waals surface area contributed by atoms with Gasteiger partial charge in [0.05, 0.1) is 17.9 Å². The number of rotatable bonds is 8. The minimum atomic E-state index is -4.08. The summed E-state index contributed by atoms with van der Waals surface area (Å²) < 4.78 is 35.7. The van der Waals surface area contributed by atoms with Crippen LogP contribution in [0.2, 0.25) is 30.8 Å². The minimum absolute atomic E-state index is 0.0350. The molecule has 3 heterocycles. The van der Waals surface area contributed by atoms with Crippen LogP contribution in [0.25, 0.3) is 5.82 Å². The Balaban J connectivity index is 1.73. The van der Waals surface area contributed by atoms with E-state index in [1.807, 2.05) is 4.72 Å². The third-order valence-electron chi connectivity index (χ3n) is 4.52. The molecule has 0 radical (unpaired) electrons. The van der Waals surface area contributed by atoms with Gasteiger partial charge in [-0.2, -0.15) is 5.10 Å². The summed E-state index contributed by atoms with van der Waals surface area (Å²) in [5.41, 5.74) is 0.323. The van der Waals surface area contributed by atoms with Crippen molar-refractivity contribution in [1.29, 1.82) is 0 Å². The van der Waals surface area contributed by atoms with Crippen LogP contribution in [0.15, 0.2) is 35.5 Å². The maximum absolute atomic E-state index is 12.6. The molecular formula is C19H26ClN6O4SSi+. The molecule has 0 aliphatic rings. The quantitative estimate of drug-likeness (QED) is 0.279. The van der Waals surface area contributed by atoms with Gasteiger partial charge in [-0.1, -0.05) is 31.2 Å². The van der Waals surface area contributed by atoms with Crippen molar-refractivity contribution in [1.82, 2.24) is 24.6 Å². The van der Waals surface area contributed by atoms with Crippen LogP contribution in [0.1, 0.15) is 16.1 Å². The fourth-order valence-electron chi connectivity index (χ4n) is 2.82. The molecule has 0 aliphatic heterocycles. The Bertz CT molecular complexity index is 1250. The molecule has 13 heteroatoms. The van der Waals surface area contributed by atoms with Crippen molar-refractivity contribution in [2.24, 2.45) is 7.05 Å². The summed E-state index contributed by atoms with van der Waals surface area (Å²) in [5.74, 6) is -0.0554. The number of carbonyl (C=O) groups is 1. The predicted octanol–water partition coefficient (Wildman–Crippen LogP) is 2.22. The van der Waals surface area contributed by atoms with Crippen molar-refractivity contribution in [2.75, 3.05) is 6.61 Å². The number of halogens is 1. The van der Waals surface area contributed by atoms with Crippen molar-refractivity contribution >= 4 is 35.6 Å². The zero-order chi connectivity index (χ0) is 23.7. The van der Waals surface area contributed by atoms with Gasteiger partial charge in [0, 0.05) is 20.3 Å². The number of amides is 1. The first-order valence-electron chi connectivity index (χ1n) is 9.83. The summed E-state index contributed by atoms with van der Waals surface area (Å²) in [7, 11) is -3.64. The number of pyridine rings is 1. The highest BCUT2D eigenvalue weighted by atomic mass is 35.5. The van der Waals surface area contributed by atoms with Crippen LogP contribution in [-0.2, 0) is 17.1 Å². The molecule has 3 rings (SSSR count). The molecule has 0 spiro atoms. The lowest BCUT2D eigenvalue weighted by Crippen LogP contribution is -2.32. The van der Waals surface area contributed by atoms with Gasteiger partial charge in [0.25, 0.3) is 15.9 Å². The first-order chi connectivity index (χ1) is 14.9. The predicted molar refractivity (Wildman–Crippen MR) is 121 cm³/mol. The van der Waals surface area contributed by atoms with E-state index in [-0.39, 0.29) is 15.6 Å². The molecule has 0 saturated carbocycles. The number of aromatic amines is 1. The Hall–Kier alpha value is -2.70. The number of nitrogens with one attached hydrogen (secondary N) is 2. The molecule has 3 aromatic rings. The first kappa shape index (κ1) is 23.9. The van der Waals surface area contributed by atoms with Crippen LogP contribution in [0, 0.1) is 6.92 Å². The highest BCUT2D eigenvalue weighted by Gasteiger charge is 2.27. The standard InChI is InChI=1S/C19H25ClN6O4SSi/c1-13-15(12-25(2)22-13)31(28,29)24-19(27)14-6-7-16(21-18(14)20)26-9-8-17(23-26)30-10-11-32(3,4)5/h6-9,12H,10-11H2,1-5H3,(H,24,27)/p+1. The molecule has 0 aliphatic carbocycles. The minimum Gasteiger partial charge on any atom is -0.477 e. The van der Waals surface area contributed by atoms with E-state index >= 15 is 0 Å². The van der Waals surface area contributed by atoms with Gasteiger partial charge in [-0.25, -0.2) is 22.8 Å². The van der Waals surface area contributed by atoms with Crippen LogP contribution in [-0.4, -0.2) is 48.9 Å². The molecule has 0 bridgehead atoms. The van der Waals surface area contributed by atoms with Crippen molar-refractivity contribution in [2.45, 2.75) is 37.5 Å². The van der Waals surface area contributed by atoms with Gasteiger partial charge in [0.2, 0.25) is 12.1 Å². The second kappa shape index (κ2) is 9.04. The monoisotopic (exact) mass is 497 g/mol. The van der Waals surface area contributed by atoms with E-state index in [1.165, 1.54) is 27.7 Å². The second-order valence-electron chi connectivity index (χ2n) is 8.54. The maximum atomic E-state index is 12.6. The van der Waals surface area contributed by atoms with Crippen LogP contribution in [0.5, 0.6) is 5.88 Å². The zero-order valence-electron chi connectivity index (χ0n) is 18.5. The Kier molecular flexibility index (Phi) is 6.77. The van der Waals surface area contributed by atoms with E-state index in [9.17, 15) is 13.2 Å². The lowest BCUT2D eigenvalue weighted by atomic mass is 10.3. The van der Waals surface area contributed by atoms with Gasteiger partial charge in [0.1, 0.15) is 5.15 Å². The van der Waals surface area contributed by atoms with Gasteiger partial charge in [0.15, 0.2) is 17.8 Å². The molecule has 3 aromatic heterocycles. The van der Waals surface area contributed by atoms with E-state index in [2.05, 4.69) is 34.8 Å². The maximum Gasteiger partial charge on any atom is 0.272 e. The van der Waals surface area contributed by atoms with Gasteiger partial charge in [-0.3, -0.25) is 4.79 Å². The molecule has 1 amide bonds. The SMILES string of the molecule is Cc1[nH][n+](C)cc1S(=O)(=O)NC(=O)c1ccc(-n2ccc(OCC[Si](C)(C)C)n2)nc1Cl. The van der Waals surface area contributed by atoms with Crippen LogP contribution >= 0.6 is 11.6 Å². The van der Waals surface area contributed by atoms with E-state index in [1.54, 1.807) is 26.2 Å². The summed E-state index contributed by atoms with van der Waals surface area (Å²) in [6.45, 7) is 8.98. The van der Waals surface area contributed by atoms with Crippen molar-refractivity contribution in [3.8, 4) is 11.7 Å². The Morgan fingerprint density at radius 1 is 1.31 bits per heavy atom. The van der Waals surface area contributed by atoms with Crippen LogP contribution in [0.3, 0.4) is 0 Å². The van der Waals surface area contributed by atoms with Crippen molar-refractivity contribution < 1.29 is 22.6 Å². The van der Waals surface area contributed by atoms with E-state index in [0.717, 1.165) is 6.04 Å². The summed E-state index contributed by atoms with van der Waals surface area (Å²) in [5, 5.41) is 6.98. The molecular weight excluding hydrogens is 472 g/mol. The molecule has 32 heavy (non-hydrogen) atoms. The number of H-pyrrole nitrogens is 1. The Labute approximate surface area is 192 Å². The molecule has 10 nitrogen and oxygen atoms in total. The number of hydrogen-bond acceptors (Lipinski definition) is 6. The van der Waals surface area contributed by atoms with E-state index in [0.29, 0.717) is 24.0 Å². The first-order valence-corrected chi connectivity index (χ1v) is 15.4. The summed E-state index contributed by atoms with van der Waals surface area (Å²) >= 11 is 6.18. The number of hydrogen-bond donors (Lipinski definition) is 2. The Morgan fingerprint density at radius 2 is 2.03 bits per heavy atom. The average molecular weight is 498 g/mol.